The van der Waals surface area contributed by atoms with Gasteiger partial charge in [0.1, 0.15) is 26.4 Å². The molecule has 0 aromatic rings. The average Bonchev–Trinajstić information content (AvgIpc) is 2.92. The minimum absolute atomic E-state index is 0.0651. The summed E-state index contributed by atoms with van der Waals surface area (Å²) in [4.78, 5) is 52.2. The first-order valence-electron chi connectivity index (χ1n) is 15.1. The van der Waals surface area contributed by atoms with E-state index in [0.29, 0.717) is 13.1 Å². The molecule has 0 saturated carbocycles. The number of hydrogen-bond donors (Lipinski definition) is 2. The molecule has 0 aliphatic heterocycles. The largest absolute Gasteiger partial charge is 0.362 e. The maximum Gasteiger partial charge on any atom is 0.248 e. The molecule has 0 spiro atoms. The molecule has 10 nitrogen and oxygen atoms in total. The van der Waals surface area contributed by atoms with Crippen molar-refractivity contribution in [2.75, 3.05) is 65.7 Å². The molecule has 0 aromatic carbocycles. The summed E-state index contributed by atoms with van der Waals surface area (Å²) >= 11 is 0. The van der Waals surface area contributed by atoms with Crippen molar-refractivity contribution in [2.45, 2.75) is 98.3 Å². The van der Waals surface area contributed by atoms with Gasteiger partial charge in [0.05, 0.1) is 0 Å². The summed E-state index contributed by atoms with van der Waals surface area (Å²) < 4.78 is 10.7. The SMILES string of the molecule is CCCCN(CCCC)C(=O)COCC(=O)NCCCCCNC(=O)COCC(=O)N(CCCC)CCCC. The Morgan fingerprint density at radius 3 is 1.13 bits per heavy atom. The molecule has 0 saturated heterocycles. The Morgan fingerprint density at radius 1 is 0.487 bits per heavy atom. The van der Waals surface area contributed by atoms with Crippen LogP contribution in [0.3, 0.4) is 0 Å². The second kappa shape index (κ2) is 26.0. The summed E-state index contributed by atoms with van der Waals surface area (Å²) in [6, 6.07) is 0. The Balaban J connectivity index is 3.86. The number of ether oxygens (including phenoxy) is 2. The second-order valence-corrected chi connectivity index (χ2v) is 9.92. The van der Waals surface area contributed by atoms with Gasteiger partial charge >= 0.3 is 0 Å². The van der Waals surface area contributed by atoms with Gasteiger partial charge in [-0.3, -0.25) is 19.2 Å². The van der Waals surface area contributed by atoms with Gasteiger partial charge in [-0.1, -0.05) is 53.4 Å². The van der Waals surface area contributed by atoms with Crippen molar-refractivity contribution < 1.29 is 28.7 Å². The lowest BCUT2D eigenvalue weighted by molar-refractivity contribution is -0.139. The summed E-state index contributed by atoms with van der Waals surface area (Å²) in [6.45, 7) is 11.9. The summed E-state index contributed by atoms with van der Waals surface area (Å²) in [7, 11) is 0. The molecular formula is C29H56N4O6. The highest BCUT2D eigenvalue weighted by molar-refractivity contribution is 5.80. The fraction of sp³-hybridized carbons (Fsp3) is 0.862. The van der Waals surface area contributed by atoms with Gasteiger partial charge in [0, 0.05) is 39.3 Å². The van der Waals surface area contributed by atoms with Crippen molar-refractivity contribution in [3.05, 3.63) is 0 Å². The number of carbonyl (C=O) groups excluding carboxylic acids is 4. The Kier molecular flexibility index (Phi) is 24.6. The topological polar surface area (TPSA) is 117 Å². The average molecular weight is 557 g/mol. The van der Waals surface area contributed by atoms with Gasteiger partial charge in [-0.2, -0.15) is 0 Å². The first kappa shape index (κ1) is 36.8. The van der Waals surface area contributed by atoms with Crippen molar-refractivity contribution in [1.29, 1.82) is 0 Å². The van der Waals surface area contributed by atoms with E-state index >= 15 is 0 Å². The van der Waals surface area contributed by atoms with E-state index in [1.54, 1.807) is 0 Å². The monoisotopic (exact) mass is 556 g/mol. The fourth-order valence-corrected chi connectivity index (χ4v) is 3.75. The van der Waals surface area contributed by atoms with Gasteiger partial charge in [0.15, 0.2) is 0 Å². The van der Waals surface area contributed by atoms with Gasteiger partial charge < -0.3 is 29.9 Å². The Hall–Kier alpha value is -2.20. The van der Waals surface area contributed by atoms with Crippen molar-refractivity contribution in [3.8, 4) is 0 Å². The van der Waals surface area contributed by atoms with Crippen molar-refractivity contribution >= 4 is 23.6 Å². The zero-order chi connectivity index (χ0) is 29.1. The van der Waals surface area contributed by atoms with Crippen molar-refractivity contribution in [1.82, 2.24) is 20.4 Å². The number of hydrogen-bond acceptors (Lipinski definition) is 6. The molecule has 4 amide bonds. The van der Waals surface area contributed by atoms with Crippen LogP contribution in [0.1, 0.15) is 98.3 Å². The minimum Gasteiger partial charge on any atom is -0.362 e. The van der Waals surface area contributed by atoms with E-state index in [1.165, 1.54) is 0 Å². The lowest BCUT2D eigenvalue weighted by Gasteiger charge is -2.22. The first-order valence-corrected chi connectivity index (χ1v) is 15.1. The molecule has 0 heterocycles. The van der Waals surface area contributed by atoms with Crippen LogP contribution in [0.5, 0.6) is 0 Å². The normalized spacial score (nSPS) is 10.8. The second-order valence-electron chi connectivity index (χ2n) is 9.92. The van der Waals surface area contributed by atoms with Gasteiger partial charge in [0.2, 0.25) is 23.6 Å². The highest BCUT2D eigenvalue weighted by Gasteiger charge is 2.14. The van der Waals surface area contributed by atoms with Crippen LogP contribution in [0, 0.1) is 0 Å². The predicted octanol–water partition coefficient (Wildman–Crippen LogP) is 3.28. The van der Waals surface area contributed by atoms with Crippen LogP contribution in [0.25, 0.3) is 0 Å². The molecule has 0 aliphatic rings. The molecule has 0 atom stereocenters. The third-order valence-corrected chi connectivity index (χ3v) is 6.25. The van der Waals surface area contributed by atoms with E-state index in [9.17, 15) is 19.2 Å². The van der Waals surface area contributed by atoms with E-state index in [2.05, 4.69) is 38.3 Å². The van der Waals surface area contributed by atoms with Crippen LogP contribution in [0.4, 0.5) is 0 Å². The number of nitrogens with zero attached hydrogens (tertiary/aromatic N) is 2. The molecule has 0 radical (unpaired) electrons. The lowest BCUT2D eigenvalue weighted by atomic mass is 10.2. The quantitative estimate of drug-likeness (QED) is 0.158. The van der Waals surface area contributed by atoms with E-state index in [4.69, 9.17) is 9.47 Å². The molecule has 0 fully saturated rings. The molecule has 2 N–H and O–H groups in total. The van der Waals surface area contributed by atoms with E-state index in [1.807, 2.05) is 9.80 Å². The van der Waals surface area contributed by atoms with E-state index in [0.717, 1.165) is 96.8 Å². The van der Waals surface area contributed by atoms with E-state index in [-0.39, 0.29) is 50.1 Å². The third kappa shape index (κ3) is 21.3. The number of nitrogens with one attached hydrogen (secondary N) is 2. The Morgan fingerprint density at radius 2 is 0.821 bits per heavy atom. The third-order valence-electron chi connectivity index (χ3n) is 6.25. The number of rotatable bonds is 26. The maximum absolute atomic E-state index is 12.3. The molecule has 0 unspecified atom stereocenters. The molecule has 0 rings (SSSR count). The van der Waals surface area contributed by atoms with E-state index < -0.39 is 0 Å². The molecule has 10 heteroatoms. The number of carbonyl (C=O) groups is 4. The van der Waals surface area contributed by atoms with Crippen LogP contribution in [0.15, 0.2) is 0 Å². The zero-order valence-corrected chi connectivity index (χ0v) is 25.2. The maximum atomic E-state index is 12.3. The molecule has 0 bridgehead atoms. The highest BCUT2D eigenvalue weighted by Crippen LogP contribution is 2.02. The Bertz CT molecular complexity index is 592. The Labute approximate surface area is 236 Å². The smallest absolute Gasteiger partial charge is 0.248 e. The highest BCUT2D eigenvalue weighted by atomic mass is 16.5. The van der Waals surface area contributed by atoms with Crippen LogP contribution in [-0.2, 0) is 28.7 Å². The van der Waals surface area contributed by atoms with Crippen LogP contribution in [0.2, 0.25) is 0 Å². The summed E-state index contributed by atoms with van der Waals surface area (Å²) in [5.41, 5.74) is 0. The molecule has 39 heavy (non-hydrogen) atoms. The summed E-state index contributed by atoms with van der Waals surface area (Å²) in [5, 5.41) is 5.59. The van der Waals surface area contributed by atoms with Crippen LogP contribution < -0.4 is 10.6 Å². The molecule has 0 aliphatic carbocycles. The summed E-state index contributed by atoms with van der Waals surface area (Å²) in [6.07, 6.45) is 10.4. The molecule has 228 valence electrons. The van der Waals surface area contributed by atoms with Crippen LogP contribution in [-0.4, -0.2) is 99.1 Å². The minimum atomic E-state index is -0.237. The zero-order valence-electron chi connectivity index (χ0n) is 25.2. The number of unbranched alkanes of at least 4 members (excludes halogenated alkanes) is 6. The van der Waals surface area contributed by atoms with Crippen LogP contribution >= 0.6 is 0 Å². The van der Waals surface area contributed by atoms with Crippen molar-refractivity contribution in [2.24, 2.45) is 0 Å². The standard InChI is InChI=1S/C29H56N4O6/c1-5-9-18-32(19-10-6-2)28(36)24-38-22-26(34)30-16-14-13-15-17-31-27(35)23-39-25-29(37)33(20-11-7-3)21-12-8-4/h5-25H2,1-4H3,(H,30,34)(H,31,35). The van der Waals surface area contributed by atoms with Gasteiger partial charge in [-0.15, -0.1) is 0 Å². The van der Waals surface area contributed by atoms with Gasteiger partial charge in [0.25, 0.3) is 0 Å². The molecular weight excluding hydrogens is 500 g/mol. The predicted molar refractivity (Wildman–Crippen MR) is 154 cm³/mol. The van der Waals surface area contributed by atoms with Gasteiger partial charge in [-0.05, 0) is 44.9 Å². The molecule has 0 aromatic heterocycles. The summed E-state index contributed by atoms with van der Waals surface area (Å²) in [5.74, 6) is -0.604. The van der Waals surface area contributed by atoms with Crippen molar-refractivity contribution in [3.63, 3.8) is 0 Å². The number of amides is 4. The fourth-order valence-electron chi connectivity index (χ4n) is 3.75. The lowest BCUT2D eigenvalue weighted by Crippen LogP contribution is -2.37. The van der Waals surface area contributed by atoms with Gasteiger partial charge in [-0.25, -0.2) is 0 Å². The first-order chi connectivity index (χ1) is 18.9.